The van der Waals surface area contributed by atoms with Crippen LogP contribution < -0.4 is 5.32 Å². The van der Waals surface area contributed by atoms with Crippen LogP contribution in [0.15, 0.2) is 42.5 Å². The van der Waals surface area contributed by atoms with Gasteiger partial charge in [-0.15, -0.1) is 0 Å². The van der Waals surface area contributed by atoms with Gasteiger partial charge in [0.15, 0.2) is 6.61 Å². The first-order chi connectivity index (χ1) is 10.5. The maximum Gasteiger partial charge on any atom is 0.338 e. The summed E-state index contributed by atoms with van der Waals surface area (Å²) in [6.07, 6.45) is 0. The molecule has 4 nitrogen and oxygen atoms in total. The smallest absolute Gasteiger partial charge is 0.338 e. The molecule has 0 atom stereocenters. The van der Waals surface area contributed by atoms with Crippen LogP contribution in [-0.2, 0) is 9.53 Å². The molecule has 22 heavy (non-hydrogen) atoms. The first-order valence-corrected chi connectivity index (χ1v) is 6.45. The lowest BCUT2D eigenvalue weighted by molar-refractivity contribution is -0.119. The fourth-order valence-electron chi connectivity index (χ4n) is 1.79. The molecule has 0 unspecified atom stereocenters. The van der Waals surface area contributed by atoms with E-state index in [-0.39, 0.29) is 5.69 Å². The molecule has 0 aliphatic carbocycles. The Morgan fingerprint density at radius 1 is 1.14 bits per heavy atom. The molecule has 0 aliphatic heterocycles. The van der Waals surface area contributed by atoms with E-state index in [0.717, 1.165) is 17.7 Å². The third kappa shape index (κ3) is 3.88. The van der Waals surface area contributed by atoms with Crippen molar-refractivity contribution in [3.8, 4) is 0 Å². The topological polar surface area (TPSA) is 55.4 Å². The average molecular weight is 305 g/mol. The van der Waals surface area contributed by atoms with Gasteiger partial charge in [0.1, 0.15) is 11.6 Å². The zero-order valence-corrected chi connectivity index (χ0v) is 11.7. The van der Waals surface area contributed by atoms with Crippen molar-refractivity contribution in [3.63, 3.8) is 0 Å². The lowest BCUT2D eigenvalue weighted by atomic mass is 10.1. The Morgan fingerprint density at radius 3 is 2.55 bits per heavy atom. The molecule has 0 aromatic heterocycles. The number of anilines is 1. The van der Waals surface area contributed by atoms with E-state index >= 15 is 0 Å². The van der Waals surface area contributed by atoms with Crippen LogP contribution in [-0.4, -0.2) is 18.5 Å². The minimum Gasteiger partial charge on any atom is -0.452 e. The lowest BCUT2D eigenvalue weighted by Gasteiger charge is -2.08. The van der Waals surface area contributed by atoms with Crippen molar-refractivity contribution in [2.24, 2.45) is 0 Å². The molecule has 0 aliphatic rings. The summed E-state index contributed by atoms with van der Waals surface area (Å²) in [6.45, 7) is 1.18. The molecular weight excluding hydrogens is 292 g/mol. The van der Waals surface area contributed by atoms with E-state index in [9.17, 15) is 18.4 Å². The third-order valence-corrected chi connectivity index (χ3v) is 2.90. The molecule has 0 bridgehead atoms. The normalized spacial score (nSPS) is 10.1. The monoisotopic (exact) mass is 305 g/mol. The Kier molecular flexibility index (Phi) is 4.83. The maximum absolute atomic E-state index is 13.4. The van der Waals surface area contributed by atoms with Gasteiger partial charge in [-0.1, -0.05) is 18.2 Å². The molecule has 6 heteroatoms. The number of halogens is 2. The number of hydrogen-bond donors (Lipinski definition) is 1. The standard InChI is InChI=1S/C16H13F2NO3/c1-10-4-2-3-5-12(10)16(21)22-9-15(20)19-14-7-6-11(17)8-13(14)18/h2-8H,9H2,1H3,(H,19,20). The minimum absolute atomic E-state index is 0.182. The van der Waals surface area contributed by atoms with Crippen LogP contribution in [0.25, 0.3) is 0 Å². The SMILES string of the molecule is Cc1ccccc1C(=O)OCC(=O)Nc1ccc(F)cc1F. The number of carbonyl (C=O) groups excluding carboxylic acids is 2. The Bertz CT molecular complexity index is 716. The summed E-state index contributed by atoms with van der Waals surface area (Å²) in [4.78, 5) is 23.4. The van der Waals surface area contributed by atoms with Crippen molar-refractivity contribution in [2.45, 2.75) is 6.92 Å². The van der Waals surface area contributed by atoms with Gasteiger partial charge in [-0.05, 0) is 30.7 Å². The van der Waals surface area contributed by atoms with Gasteiger partial charge in [-0.3, -0.25) is 4.79 Å². The first-order valence-electron chi connectivity index (χ1n) is 6.45. The highest BCUT2D eigenvalue weighted by Gasteiger charge is 2.13. The summed E-state index contributed by atoms with van der Waals surface area (Å²) in [6, 6.07) is 9.52. The zero-order chi connectivity index (χ0) is 16.1. The lowest BCUT2D eigenvalue weighted by Crippen LogP contribution is -2.21. The molecule has 2 aromatic carbocycles. The Balaban J connectivity index is 1.93. The van der Waals surface area contributed by atoms with Crippen LogP contribution in [0.5, 0.6) is 0 Å². The molecule has 0 fully saturated rings. The fourth-order valence-corrected chi connectivity index (χ4v) is 1.79. The highest BCUT2D eigenvalue weighted by Crippen LogP contribution is 2.15. The fraction of sp³-hybridized carbons (Fsp3) is 0.125. The van der Waals surface area contributed by atoms with Crippen LogP contribution in [0.4, 0.5) is 14.5 Å². The van der Waals surface area contributed by atoms with Gasteiger partial charge in [0.05, 0.1) is 11.3 Å². The molecule has 0 saturated carbocycles. The Hall–Kier alpha value is -2.76. The van der Waals surface area contributed by atoms with Gasteiger partial charge in [0, 0.05) is 6.07 Å². The predicted molar refractivity (Wildman–Crippen MR) is 76.4 cm³/mol. The summed E-state index contributed by atoms with van der Waals surface area (Å²) in [7, 11) is 0. The van der Waals surface area contributed by atoms with E-state index in [1.807, 2.05) is 0 Å². The second-order valence-electron chi connectivity index (χ2n) is 4.56. The molecule has 0 spiro atoms. The summed E-state index contributed by atoms with van der Waals surface area (Å²) in [5.41, 5.74) is 0.888. The summed E-state index contributed by atoms with van der Waals surface area (Å²) >= 11 is 0. The van der Waals surface area contributed by atoms with Crippen LogP contribution in [0.1, 0.15) is 15.9 Å². The number of hydrogen-bond acceptors (Lipinski definition) is 3. The van der Waals surface area contributed by atoms with Crippen LogP contribution in [0.3, 0.4) is 0 Å². The minimum atomic E-state index is -0.904. The quantitative estimate of drug-likeness (QED) is 0.883. The highest BCUT2D eigenvalue weighted by atomic mass is 19.1. The summed E-state index contributed by atoms with van der Waals surface area (Å²) in [5.74, 6) is -3.01. The molecule has 0 saturated heterocycles. The molecule has 1 amide bonds. The van der Waals surface area contributed by atoms with Crippen LogP contribution >= 0.6 is 0 Å². The molecule has 0 radical (unpaired) electrons. The van der Waals surface area contributed by atoms with Gasteiger partial charge in [-0.2, -0.15) is 0 Å². The van der Waals surface area contributed by atoms with Gasteiger partial charge in [0.25, 0.3) is 5.91 Å². The number of ether oxygens (including phenoxy) is 1. The zero-order valence-electron chi connectivity index (χ0n) is 11.7. The molecular formula is C16H13F2NO3. The second-order valence-corrected chi connectivity index (χ2v) is 4.56. The van der Waals surface area contributed by atoms with Crippen molar-refractivity contribution in [2.75, 3.05) is 11.9 Å². The van der Waals surface area contributed by atoms with Crippen molar-refractivity contribution < 1.29 is 23.1 Å². The average Bonchev–Trinajstić information content (AvgIpc) is 2.48. The van der Waals surface area contributed by atoms with Gasteiger partial charge < -0.3 is 10.1 Å². The Morgan fingerprint density at radius 2 is 1.86 bits per heavy atom. The second kappa shape index (κ2) is 6.80. The number of rotatable bonds is 4. The van der Waals surface area contributed by atoms with Gasteiger partial charge in [-0.25, -0.2) is 13.6 Å². The molecule has 2 aromatic rings. The summed E-state index contributed by atoms with van der Waals surface area (Å²) in [5, 5.41) is 2.20. The molecule has 114 valence electrons. The van der Waals surface area contributed by atoms with E-state index < -0.39 is 30.1 Å². The van der Waals surface area contributed by atoms with Crippen molar-refractivity contribution >= 4 is 17.6 Å². The van der Waals surface area contributed by atoms with E-state index in [4.69, 9.17) is 4.74 Å². The third-order valence-electron chi connectivity index (χ3n) is 2.90. The molecule has 1 N–H and O–H groups in total. The number of esters is 1. The molecule has 2 rings (SSSR count). The van der Waals surface area contributed by atoms with Crippen molar-refractivity contribution in [3.05, 3.63) is 65.2 Å². The maximum atomic E-state index is 13.4. The number of amides is 1. The van der Waals surface area contributed by atoms with Crippen molar-refractivity contribution in [1.82, 2.24) is 0 Å². The van der Waals surface area contributed by atoms with Crippen LogP contribution in [0.2, 0.25) is 0 Å². The Labute approximate surface area is 125 Å². The summed E-state index contributed by atoms with van der Waals surface area (Å²) < 4.78 is 31.0. The highest BCUT2D eigenvalue weighted by molar-refractivity contribution is 5.96. The van der Waals surface area contributed by atoms with E-state index in [1.165, 1.54) is 0 Å². The van der Waals surface area contributed by atoms with Gasteiger partial charge >= 0.3 is 5.97 Å². The van der Waals surface area contributed by atoms with E-state index in [0.29, 0.717) is 11.6 Å². The number of carbonyl (C=O) groups is 2. The largest absolute Gasteiger partial charge is 0.452 e. The van der Waals surface area contributed by atoms with E-state index in [2.05, 4.69) is 5.32 Å². The number of benzene rings is 2. The predicted octanol–water partition coefficient (Wildman–Crippen LogP) is 3.07. The van der Waals surface area contributed by atoms with E-state index in [1.54, 1.807) is 31.2 Å². The number of nitrogens with one attached hydrogen (secondary N) is 1. The van der Waals surface area contributed by atoms with Crippen LogP contribution in [0, 0.1) is 18.6 Å². The molecule has 0 heterocycles. The first kappa shape index (κ1) is 15.6. The number of aryl methyl sites for hydroxylation is 1. The van der Waals surface area contributed by atoms with Crippen molar-refractivity contribution in [1.29, 1.82) is 0 Å². The van der Waals surface area contributed by atoms with Gasteiger partial charge in [0.2, 0.25) is 0 Å².